The SMILES string of the molecule is Cc1ccc(C)c(S(=O)(=O)NC(CC(C)C)c2nnc(C)o2)c1. The lowest BCUT2D eigenvalue weighted by Crippen LogP contribution is -2.30. The number of nitrogens with one attached hydrogen (secondary N) is 1. The van der Waals surface area contributed by atoms with Crippen LogP contribution < -0.4 is 4.72 Å². The number of hydrogen-bond donors (Lipinski definition) is 1. The number of benzene rings is 1. The summed E-state index contributed by atoms with van der Waals surface area (Å²) in [6.45, 7) is 9.36. The molecule has 0 saturated carbocycles. The van der Waals surface area contributed by atoms with Crippen LogP contribution in [-0.2, 0) is 10.0 Å². The van der Waals surface area contributed by atoms with Gasteiger partial charge in [0.1, 0.15) is 6.04 Å². The van der Waals surface area contributed by atoms with E-state index in [0.29, 0.717) is 23.8 Å². The van der Waals surface area contributed by atoms with Crippen LogP contribution in [0.3, 0.4) is 0 Å². The second-order valence-corrected chi connectivity index (χ2v) is 7.91. The van der Waals surface area contributed by atoms with Crippen LogP contribution in [0.25, 0.3) is 0 Å². The standard InChI is InChI=1S/C16H23N3O3S/c1-10(2)8-14(16-18-17-13(5)22-16)19-23(20,21)15-9-11(3)6-7-12(15)4/h6-7,9-10,14,19H,8H2,1-5H3. The van der Waals surface area contributed by atoms with Crippen LogP contribution in [-0.4, -0.2) is 18.6 Å². The Morgan fingerprint density at radius 3 is 2.43 bits per heavy atom. The van der Waals surface area contributed by atoms with Gasteiger partial charge in [0.2, 0.25) is 21.8 Å². The Bertz CT molecular complexity index is 782. The van der Waals surface area contributed by atoms with Gasteiger partial charge in [0, 0.05) is 6.92 Å². The molecular formula is C16H23N3O3S. The van der Waals surface area contributed by atoms with E-state index in [9.17, 15) is 8.42 Å². The maximum Gasteiger partial charge on any atom is 0.241 e. The van der Waals surface area contributed by atoms with Gasteiger partial charge in [-0.25, -0.2) is 8.42 Å². The van der Waals surface area contributed by atoms with Gasteiger partial charge in [0.15, 0.2) is 0 Å². The summed E-state index contributed by atoms with van der Waals surface area (Å²) in [6.07, 6.45) is 0.575. The van der Waals surface area contributed by atoms with E-state index in [0.717, 1.165) is 5.56 Å². The highest BCUT2D eigenvalue weighted by Crippen LogP contribution is 2.24. The molecule has 1 atom stereocenters. The molecule has 0 aliphatic heterocycles. The van der Waals surface area contributed by atoms with Crippen molar-refractivity contribution in [3.05, 3.63) is 41.1 Å². The van der Waals surface area contributed by atoms with Crippen LogP contribution in [0.1, 0.15) is 49.2 Å². The molecule has 0 bridgehead atoms. The van der Waals surface area contributed by atoms with Crippen LogP contribution in [0.2, 0.25) is 0 Å². The predicted octanol–water partition coefficient (Wildman–Crippen LogP) is 3.06. The Hall–Kier alpha value is -1.73. The fraction of sp³-hybridized carbons (Fsp3) is 0.500. The van der Waals surface area contributed by atoms with Crippen molar-refractivity contribution in [1.82, 2.24) is 14.9 Å². The number of sulfonamides is 1. The Balaban J connectivity index is 2.36. The molecule has 0 fully saturated rings. The summed E-state index contributed by atoms with van der Waals surface area (Å²) < 4.78 is 33.7. The van der Waals surface area contributed by atoms with Crippen LogP contribution in [0.5, 0.6) is 0 Å². The van der Waals surface area contributed by atoms with Gasteiger partial charge < -0.3 is 4.42 Å². The van der Waals surface area contributed by atoms with Crippen molar-refractivity contribution in [1.29, 1.82) is 0 Å². The van der Waals surface area contributed by atoms with Gasteiger partial charge in [-0.05, 0) is 43.4 Å². The first-order valence-electron chi connectivity index (χ1n) is 7.58. The van der Waals surface area contributed by atoms with E-state index in [1.165, 1.54) is 0 Å². The molecular weight excluding hydrogens is 314 g/mol. The molecule has 7 heteroatoms. The monoisotopic (exact) mass is 337 g/mol. The zero-order valence-electron chi connectivity index (χ0n) is 14.1. The zero-order chi connectivity index (χ0) is 17.2. The third-order valence-corrected chi connectivity index (χ3v) is 5.09. The Morgan fingerprint density at radius 2 is 1.87 bits per heavy atom. The third kappa shape index (κ3) is 4.39. The maximum absolute atomic E-state index is 12.8. The van der Waals surface area contributed by atoms with Crippen molar-refractivity contribution < 1.29 is 12.8 Å². The molecule has 0 spiro atoms. The first-order valence-corrected chi connectivity index (χ1v) is 9.07. The average Bonchev–Trinajstić information content (AvgIpc) is 2.86. The largest absolute Gasteiger partial charge is 0.424 e. The lowest BCUT2D eigenvalue weighted by atomic mass is 10.0. The summed E-state index contributed by atoms with van der Waals surface area (Å²) in [6, 6.07) is 4.82. The minimum absolute atomic E-state index is 0.272. The highest BCUT2D eigenvalue weighted by Gasteiger charge is 2.27. The number of rotatable bonds is 6. The number of nitrogens with zero attached hydrogens (tertiary/aromatic N) is 2. The van der Waals surface area contributed by atoms with Crippen molar-refractivity contribution in [3.63, 3.8) is 0 Å². The van der Waals surface area contributed by atoms with Gasteiger partial charge in [0.25, 0.3) is 0 Å². The quantitative estimate of drug-likeness (QED) is 0.875. The van der Waals surface area contributed by atoms with Crippen molar-refractivity contribution in [2.75, 3.05) is 0 Å². The second-order valence-electron chi connectivity index (χ2n) is 6.23. The average molecular weight is 337 g/mol. The lowest BCUT2D eigenvalue weighted by molar-refractivity contribution is 0.372. The normalized spacial score (nSPS) is 13.5. The highest BCUT2D eigenvalue weighted by atomic mass is 32.2. The van der Waals surface area contributed by atoms with Crippen molar-refractivity contribution in [2.24, 2.45) is 5.92 Å². The summed E-state index contributed by atoms with van der Waals surface area (Å²) >= 11 is 0. The van der Waals surface area contributed by atoms with E-state index in [4.69, 9.17) is 4.42 Å². The minimum Gasteiger partial charge on any atom is -0.424 e. The highest BCUT2D eigenvalue weighted by molar-refractivity contribution is 7.89. The van der Waals surface area contributed by atoms with Crippen LogP contribution in [0.15, 0.2) is 27.5 Å². The van der Waals surface area contributed by atoms with E-state index >= 15 is 0 Å². The summed E-state index contributed by atoms with van der Waals surface area (Å²) in [5.41, 5.74) is 1.60. The Kier molecular flexibility index (Phi) is 5.21. The van der Waals surface area contributed by atoms with Crippen LogP contribution in [0.4, 0.5) is 0 Å². The van der Waals surface area contributed by atoms with E-state index in [1.807, 2.05) is 26.8 Å². The fourth-order valence-corrected chi connectivity index (χ4v) is 3.90. The molecule has 0 amide bonds. The van der Waals surface area contributed by atoms with Gasteiger partial charge in [0.05, 0.1) is 4.90 Å². The van der Waals surface area contributed by atoms with E-state index < -0.39 is 16.1 Å². The molecule has 2 rings (SSSR count). The number of aryl methyl sites for hydroxylation is 3. The molecule has 6 nitrogen and oxygen atoms in total. The first kappa shape index (κ1) is 17.6. The van der Waals surface area contributed by atoms with Gasteiger partial charge in [-0.15, -0.1) is 10.2 Å². The van der Waals surface area contributed by atoms with Crippen molar-refractivity contribution in [2.45, 2.75) is 52.0 Å². The molecule has 0 aliphatic carbocycles. The topological polar surface area (TPSA) is 85.1 Å². The van der Waals surface area contributed by atoms with Crippen LogP contribution >= 0.6 is 0 Å². The number of aromatic nitrogens is 2. The molecule has 1 aromatic carbocycles. The fourth-order valence-electron chi connectivity index (χ4n) is 2.37. The molecule has 1 heterocycles. The van der Waals surface area contributed by atoms with E-state index in [1.54, 1.807) is 26.0 Å². The number of hydrogen-bond acceptors (Lipinski definition) is 5. The molecule has 2 aromatic rings. The van der Waals surface area contributed by atoms with Crippen molar-refractivity contribution >= 4 is 10.0 Å². The van der Waals surface area contributed by atoms with E-state index in [-0.39, 0.29) is 10.8 Å². The summed E-state index contributed by atoms with van der Waals surface area (Å²) in [5, 5.41) is 7.77. The first-order chi connectivity index (χ1) is 10.7. The van der Waals surface area contributed by atoms with Gasteiger partial charge in [-0.1, -0.05) is 26.0 Å². The molecule has 0 radical (unpaired) electrons. The van der Waals surface area contributed by atoms with E-state index in [2.05, 4.69) is 14.9 Å². The molecule has 126 valence electrons. The van der Waals surface area contributed by atoms with Crippen molar-refractivity contribution in [3.8, 4) is 0 Å². The molecule has 1 N–H and O–H groups in total. The zero-order valence-corrected chi connectivity index (χ0v) is 14.9. The molecule has 23 heavy (non-hydrogen) atoms. The van der Waals surface area contributed by atoms with Crippen LogP contribution in [0, 0.1) is 26.7 Å². The molecule has 1 aromatic heterocycles. The second kappa shape index (κ2) is 6.80. The smallest absolute Gasteiger partial charge is 0.241 e. The predicted molar refractivity (Wildman–Crippen MR) is 87.5 cm³/mol. The maximum atomic E-state index is 12.8. The van der Waals surface area contributed by atoms with Gasteiger partial charge in [-0.2, -0.15) is 4.72 Å². The summed E-state index contributed by atoms with van der Waals surface area (Å²) in [5.74, 6) is 0.985. The lowest BCUT2D eigenvalue weighted by Gasteiger charge is -2.18. The summed E-state index contributed by atoms with van der Waals surface area (Å²) in [7, 11) is -3.67. The Labute approximate surface area is 137 Å². The summed E-state index contributed by atoms with van der Waals surface area (Å²) in [4.78, 5) is 0.280. The molecule has 0 saturated heterocycles. The van der Waals surface area contributed by atoms with Gasteiger partial charge in [-0.3, -0.25) is 0 Å². The minimum atomic E-state index is -3.67. The molecule has 0 aliphatic rings. The Morgan fingerprint density at radius 1 is 1.17 bits per heavy atom. The molecule has 1 unspecified atom stereocenters. The third-order valence-electron chi connectivity index (χ3n) is 3.48. The van der Waals surface area contributed by atoms with Gasteiger partial charge >= 0.3 is 0 Å².